The monoisotopic (exact) mass is 418 g/mol. The van der Waals surface area contributed by atoms with Gasteiger partial charge in [0, 0.05) is 12.3 Å². The summed E-state index contributed by atoms with van der Waals surface area (Å²) in [5.41, 5.74) is -1.91. The van der Waals surface area contributed by atoms with Gasteiger partial charge >= 0.3 is 7.82 Å². The topological polar surface area (TPSA) is 112 Å². The van der Waals surface area contributed by atoms with Crippen molar-refractivity contribution in [3.8, 4) is 0 Å². The molecular weight excluding hydrogens is 395 g/mol. The van der Waals surface area contributed by atoms with E-state index in [1.807, 2.05) is 0 Å². The molecule has 0 spiro atoms. The van der Waals surface area contributed by atoms with E-state index < -0.39 is 31.9 Å². The van der Waals surface area contributed by atoms with Gasteiger partial charge in [0.2, 0.25) is 0 Å². The molecule has 0 bridgehead atoms. The number of nitrogens with one attached hydrogen (secondary N) is 1. The average molecular weight is 418 g/mol. The molecule has 1 saturated carbocycles. The van der Waals surface area contributed by atoms with Crippen LogP contribution in [-0.4, -0.2) is 45.2 Å². The van der Waals surface area contributed by atoms with Crippen molar-refractivity contribution >= 4 is 20.0 Å². The number of rotatable bonds is 3. The zero-order valence-electron chi connectivity index (χ0n) is 14.9. The average Bonchev–Trinajstić information content (AvgIpc) is 2.86. The highest BCUT2D eigenvalue weighted by Crippen LogP contribution is 2.60. The Morgan fingerprint density at radius 2 is 2.15 bits per heavy atom. The molecule has 0 radical (unpaired) electrons. The maximum Gasteiger partial charge on any atom is 0.475 e. The van der Waals surface area contributed by atoms with Crippen molar-refractivity contribution in [2.45, 2.75) is 69.2 Å². The van der Waals surface area contributed by atoms with Gasteiger partial charge in [-0.25, -0.2) is 4.57 Å². The molecule has 3 fully saturated rings. The van der Waals surface area contributed by atoms with Crippen LogP contribution in [0.4, 0.5) is 0 Å². The van der Waals surface area contributed by atoms with Gasteiger partial charge in [0.15, 0.2) is 11.0 Å². The molecule has 0 amide bonds. The summed E-state index contributed by atoms with van der Waals surface area (Å²) < 4.78 is 37.1. The minimum atomic E-state index is -3.80. The number of ether oxygens (including phenoxy) is 1. The standard InChI is InChI=1S/C16H23N2O7PS/c1-16(20)13-11(23-14(16)18-8-7-12(19)17-15(18)27)9-22-26(21,25-13)24-10-5-3-2-4-6-10/h7-8,10-11,13-14,20H,2-6,9H2,1H3,(H,17,19,27). The van der Waals surface area contributed by atoms with Crippen LogP contribution >= 0.6 is 20.0 Å². The Kier molecular flexibility index (Phi) is 5.17. The molecule has 5 unspecified atom stereocenters. The first kappa shape index (κ1) is 19.4. The van der Waals surface area contributed by atoms with Crippen LogP contribution in [0.15, 0.2) is 17.1 Å². The molecule has 2 N–H and O–H groups in total. The smallest absolute Gasteiger partial charge is 0.383 e. The summed E-state index contributed by atoms with van der Waals surface area (Å²) in [6.07, 6.45) is 3.58. The van der Waals surface area contributed by atoms with Crippen LogP contribution in [0.5, 0.6) is 0 Å². The molecule has 2 saturated heterocycles. The molecule has 27 heavy (non-hydrogen) atoms. The fraction of sp³-hybridized carbons (Fsp3) is 0.750. The Hall–Kier alpha value is -0.870. The van der Waals surface area contributed by atoms with Crippen LogP contribution in [0.1, 0.15) is 45.3 Å². The molecule has 11 heteroatoms. The lowest BCUT2D eigenvalue weighted by Gasteiger charge is -2.36. The minimum absolute atomic E-state index is 0.0298. The second-order valence-electron chi connectivity index (χ2n) is 7.40. The van der Waals surface area contributed by atoms with Crippen molar-refractivity contribution in [1.82, 2.24) is 9.55 Å². The van der Waals surface area contributed by atoms with Crippen molar-refractivity contribution in [2.24, 2.45) is 0 Å². The largest absolute Gasteiger partial charge is 0.475 e. The highest BCUT2D eigenvalue weighted by atomic mass is 32.1. The summed E-state index contributed by atoms with van der Waals surface area (Å²) in [7, 11) is -3.80. The number of aromatic amines is 1. The third-order valence-electron chi connectivity index (χ3n) is 5.29. The molecule has 2 aliphatic heterocycles. The normalized spacial score (nSPS) is 40.0. The fourth-order valence-corrected chi connectivity index (χ4v) is 5.86. The molecule has 1 aromatic heterocycles. The highest BCUT2D eigenvalue weighted by Gasteiger charge is 2.60. The first-order valence-corrected chi connectivity index (χ1v) is 11.0. The van der Waals surface area contributed by atoms with E-state index in [0.717, 1.165) is 32.1 Å². The number of phosphoric ester groups is 1. The number of fused-ring (bicyclic) bond motifs is 1. The number of hydrogen-bond acceptors (Lipinski definition) is 8. The third kappa shape index (κ3) is 3.72. The second kappa shape index (κ2) is 7.18. The Morgan fingerprint density at radius 3 is 2.85 bits per heavy atom. The first-order chi connectivity index (χ1) is 12.8. The number of hydrogen-bond donors (Lipinski definition) is 2. The van der Waals surface area contributed by atoms with E-state index in [4.69, 9.17) is 30.5 Å². The van der Waals surface area contributed by atoms with Crippen molar-refractivity contribution < 1.29 is 28.0 Å². The summed E-state index contributed by atoms with van der Waals surface area (Å²) in [6.45, 7) is 1.49. The van der Waals surface area contributed by atoms with Gasteiger partial charge < -0.3 is 9.84 Å². The molecule has 3 heterocycles. The van der Waals surface area contributed by atoms with Crippen LogP contribution in [0.3, 0.4) is 0 Å². The number of aliphatic hydroxyl groups is 1. The van der Waals surface area contributed by atoms with Crippen LogP contribution in [-0.2, 0) is 22.9 Å². The van der Waals surface area contributed by atoms with Gasteiger partial charge in [-0.15, -0.1) is 0 Å². The second-order valence-corrected chi connectivity index (χ2v) is 9.37. The van der Waals surface area contributed by atoms with Gasteiger partial charge in [0.1, 0.15) is 17.8 Å². The van der Waals surface area contributed by atoms with E-state index in [0.29, 0.717) is 0 Å². The molecule has 4 rings (SSSR count). The van der Waals surface area contributed by atoms with Crippen molar-refractivity contribution in [1.29, 1.82) is 0 Å². The molecule has 1 aliphatic carbocycles. The van der Waals surface area contributed by atoms with E-state index in [1.54, 1.807) is 0 Å². The zero-order chi connectivity index (χ0) is 19.2. The lowest BCUT2D eigenvalue weighted by atomic mass is 9.96. The lowest BCUT2D eigenvalue weighted by Crippen LogP contribution is -2.48. The van der Waals surface area contributed by atoms with Crippen LogP contribution in [0.2, 0.25) is 0 Å². The third-order valence-corrected chi connectivity index (χ3v) is 7.11. The zero-order valence-corrected chi connectivity index (χ0v) is 16.6. The van der Waals surface area contributed by atoms with Crippen LogP contribution in [0, 0.1) is 4.77 Å². The Morgan fingerprint density at radius 1 is 1.41 bits per heavy atom. The predicted octanol–water partition coefficient (Wildman–Crippen LogP) is 2.43. The predicted molar refractivity (Wildman–Crippen MR) is 96.8 cm³/mol. The summed E-state index contributed by atoms with van der Waals surface area (Å²) in [4.78, 5) is 13.9. The highest BCUT2D eigenvalue weighted by molar-refractivity contribution is 7.71. The molecule has 1 aromatic rings. The van der Waals surface area contributed by atoms with E-state index in [9.17, 15) is 14.5 Å². The lowest BCUT2D eigenvalue weighted by molar-refractivity contribution is -0.0947. The van der Waals surface area contributed by atoms with Gasteiger partial charge in [0.25, 0.3) is 5.56 Å². The maximum atomic E-state index is 13.0. The molecule has 0 aromatic carbocycles. The Bertz CT molecular complexity index is 863. The van der Waals surface area contributed by atoms with Gasteiger partial charge in [-0.2, -0.15) is 0 Å². The summed E-state index contributed by atoms with van der Waals surface area (Å²) in [5, 5.41) is 11.1. The summed E-state index contributed by atoms with van der Waals surface area (Å²) in [5.74, 6) is 0. The quantitative estimate of drug-likeness (QED) is 0.569. The number of phosphoric acid groups is 1. The van der Waals surface area contributed by atoms with E-state index >= 15 is 0 Å². The molecule has 9 nitrogen and oxygen atoms in total. The number of H-pyrrole nitrogens is 1. The molecule has 150 valence electrons. The Balaban J connectivity index is 1.55. The van der Waals surface area contributed by atoms with Crippen LogP contribution in [0.25, 0.3) is 0 Å². The summed E-state index contributed by atoms with van der Waals surface area (Å²) >= 11 is 5.16. The van der Waals surface area contributed by atoms with E-state index in [2.05, 4.69) is 4.98 Å². The number of nitrogens with zero attached hydrogens (tertiary/aromatic N) is 1. The van der Waals surface area contributed by atoms with Crippen molar-refractivity contribution in [3.63, 3.8) is 0 Å². The SMILES string of the molecule is CC1(O)C2OP(=O)(OC3CCCCC3)OCC2OC1n1ccc(=O)[nH]c1=S. The van der Waals surface area contributed by atoms with E-state index in [-0.39, 0.29) is 23.0 Å². The molecular formula is C16H23N2O7PS. The van der Waals surface area contributed by atoms with E-state index in [1.165, 1.54) is 23.8 Å². The minimum Gasteiger partial charge on any atom is -0.383 e. The van der Waals surface area contributed by atoms with Crippen molar-refractivity contribution in [3.05, 3.63) is 27.4 Å². The molecule has 5 atom stereocenters. The fourth-order valence-electron chi connectivity index (χ4n) is 3.89. The first-order valence-electron chi connectivity index (χ1n) is 9.09. The van der Waals surface area contributed by atoms with Crippen molar-refractivity contribution in [2.75, 3.05) is 6.61 Å². The van der Waals surface area contributed by atoms with Gasteiger partial charge in [-0.05, 0) is 32.0 Å². The van der Waals surface area contributed by atoms with Gasteiger partial charge in [0.05, 0.1) is 12.7 Å². The Labute approximate surface area is 161 Å². The molecule has 3 aliphatic rings. The van der Waals surface area contributed by atoms with Crippen LogP contribution < -0.4 is 5.56 Å². The summed E-state index contributed by atoms with van der Waals surface area (Å²) in [6, 6.07) is 1.28. The van der Waals surface area contributed by atoms with Gasteiger partial charge in [-0.3, -0.25) is 27.9 Å². The maximum absolute atomic E-state index is 13.0. The van der Waals surface area contributed by atoms with Gasteiger partial charge in [-0.1, -0.05) is 19.3 Å². The number of aromatic nitrogens is 2.